The van der Waals surface area contributed by atoms with E-state index in [-0.39, 0.29) is 11.8 Å². The molecule has 1 heterocycles. The van der Waals surface area contributed by atoms with Crippen molar-refractivity contribution in [3.8, 4) is 0 Å². The molecular weight excluding hydrogens is 495 g/mol. The summed E-state index contributed by atoms with van der Waals surface area (Å²) >= 11 is 15.1. The predicted molar refractivity (Wildman–Crippen MR) is 139 cm³/mol. The van der Waals surface area contributed by atoms with Crippen LogP contribution >= 0.6 is 46.3 Å². The highest BCUT2D eigenvalue weighted by Crippen LogP contribution is 2.38. The van der Waals surface area contributed by atoms with Crippen LogP contribution in [0.3, 0.4) is 0 Å². The van der Waals surface area contributed by atoms with E-state index in [0.717, 1.165) is 10.5 Å². The molecule has 0 spiro atoms. The Bertz CT molecular complexity index is 1250. The number of rotatable bonds is 7. The van der Waals surface area contributed by atoms with E-state index in [9.17, 15) is 9.59 Å². The minimum absolute atomic E-state index is 0.148. The first kappa shape index (κ1) is 23.4. The Hall–Kier alpha value is -2.77. The van der Waals surface area contributed by atoms with Gasteiger partial charge in [-0.2, -0.15) is 0 Å². The Morgan fingerprint density at radius 1 is 0.818 bits per heavy atom. The zero-order valence-electron chi connectivity index (χ0n) is 17.1. The molecule has 1 unspecified atom stereocenters. The number of hydrogen-bond acceptors (Lipinski definition) is 4. The smallest absolute Gasteiger partial charge is 0.265 e. The van der Waals surface area contributed by atoms with Gasteiger partial charge in [-0.05, 0) is 53.4 Å². The van der Waals surface area contributed by atoms with Crippen LogP contribution in [0.25, 0.3) is 0 Å². The number of anilines is 2. The van der Waals surface area contributed by atoms with Crippen LogP contribution in [-0.2, 0) is 4.79 Å². The molecule has 0 radical (unpaired) electrons. The Balaban J connectivity index is 1.51. The number of benzene rings is 3. The fraction of sp³-hybridized carbons (Fsp3) is 0.0400. The summed E-state index contributed by atoms with van der Waals surface area (Å²) in [4.78, 5) is 27.0. The highest BCUT2D eigenvalue weighted by molar-refractivity contribution is 8.00. The number of thioether (sulfide) groups is 1. The molecule has 2 amide bonds. The molecule has 4 aromatic rings. The summed E-state index contributed by atoms with van der Waals surface area (Å²) in [7, 11) is 0. The molecule has 0 saturated carbocycles. The third-order valence-corrected chi connectivity index (χ3v) is 7.61. The summed E-state index contributed by atoms with van der Waals surface area (Å²) in [5, 5.41) is 7.79. The van der Waals surface area contributed by atoms with Gasteiger partial charge >= 0.3 is 0 Å². The van der Waals surface area contributed by atoms with Crippen LogP contribution < -0.4 is 10.6 Å². The van der Waals surface area contributed by atoms with Gasteiger partial charge in [-0.1, -0.05) is 65.7 Å². The SMILES string of the molecule is O=C(Nc1ccc(SC(C(=O)Nc2cccc(Cl)c2Cl)c2ccccc2)cc1)c1cccs1. The van der Waals surface area contributed by atoms with Crippen LogP contribution in [0.15, 0.2) is 95.2 Å². The van der Waals surface area contributed by atoms with E-state index >= 15 is 0 Å². The lowest BCUT2D eigenvalue weighted by atomic mass is 10.1. The molecule has 0 aliphatic rings. The Morgan fingerprint density at radius 2 is 1.58 bits per heavy atom. The van der Waals surface area contributed by atoms with E-state index in [4.69, 9.17) is 23.2 Å². The van der Waals surface area contributed by atoms with E-state index in [1.54, 1.807) is 24.3 Å². The number of carbonyl (C=O) groups excluding carboxylic acids is 2. The maximum absolute atomic E-state index is 13.2. The molecular formula is C25H18Cl2N2O2S2. The molecule has 4 nitrogen and oxygen atoms in total. The second-order valence-corrected chi connectivity index (χ2v) is 9.87. The van der Waals surface area contributed by atoms with Gasteiger partial charge in [0.2, 0.25) is 5.91 Å². The van der Waals surface area contributed by atoms with Crippen LogP contribution in [0, 0.1) is 0 Å². The summed E-state index contributed by atoms with van der Waals surface area (Å²) in [6.07, 6.45) is 0. The van der Waals surface area contributed by atoms with Gasteiger partial charge in [0.05, 0.1) is 20.6 Å². The Kier molecular flexibility index (Phi) is 7.73. The number of nitrogens with one attached hydrogen (secondary N) is 2. The first-order chi connectivity index (χ1) is 16.0. The first-order valence-electron chi connectivity index (χ1n) is 9.92. The Labute approximate surface area is 209 Å². The van der Waals surface area contributed by atoms with Crippen molar-refractivity contribution in [2.75, 3.05) is 10.6 Å². The van der Waals surface area contributed by atoms with Gasteiger partial charge in [0.25, 0.3) is 5.91 Å². The number of carbonyl (C=O) groups is 2. The molecule has 1 aromatic heterocycles. The van der Waals surface area contributed by atoms with Crippen molar-refractivity contribution >= 4 is 69.5 Å². The fourth-order valence-electron chi connectivity index (χ4n) is 3.05. The molecule has 1 atom stereocenters. The molecule has 33 heavy (non-hydrogen) atoms. The van der Waals surface area contributed by atoms with E-state index in [0.29, 0.717) is 26.3 Å². The standard InChI is InChI=1S/C25H18Cl2N2O2S2/c26-19-8-4-9-20(22(19)27)29-25(31)23(16-6-2-1-3-7-16)33-18-13-11-17(12-14-18)28-24(30)21-10-5-15-32-21/h1-15,23H,(H,28,30)(H,29,31). The van der Waals surface area contributed by atoms with Crippen molar-refractivity contribution in [1.82, 2.24) is 0 Å². The number of halogens is 2. The average molecular weight is 513 g/mol. The third kappa shape index (κ3) is 5.97. The molecule has 3 aromatic carbocycles. The van der Waals surface area contributed by atoms with E-state index in [2.05, 4.69) is 10.6 Å². The second kappa shape index (κ2) is 10.9. The van der Waals surface area contributed by atoms with Crippen LogP contribution in [-0.4, -0.2) is 11.8 Å². The summed E-state index contributed by atoms with van der Waals surface area (Å²) in [6, 6.07) is 25.6. The van der Waals surface area contributed by atoms with Crippen molar-refractivity contribution in [3.05, 3.63) is 111 Å². The minimum atomic E-state index is -0.521. The second-order valence-electron chi connectivity index (χ2n) is 6.96. The summed E-state index contributed by atoms with van der Waals surface area (Å²) < 4.78 is 0. The minimum Gasteiger partial charge on any atom is -0.323 e. The number of thiophene rings is 1. The third-order valence-electron chi connectivity index (χ3n) is 4.66. The largest absolute Gasteiger partial charge is 0.323 e. The van der Waals surface area contributed by atoms with Gasteiger partial charge in [-0.15, -0.1) is 23.1 Å². The summed E-state index contributed by atoms with van der Waals surface area (Å²) in [6.45, 7) is 0. The van der Waals surface area contributed by atoms with Gasteiger partial charge in [0, 0.05) is 10.6 Å². The lowest BCUT2D eigenvalue weighted by molar-refractivity contribution is -0.115. The molecule has 0 saturated heterocycles. The number of amides is 2. The highest BCUT2D eigenvalue weighted by atomic mass is 35.5. The zero-order chi connectivity index (χ0) is 23.2. The van der Waals surface area contributed by atoms with E-state index in [1.807, 2.05) is 66.0 Å². The Morgan fingerprint density at radius 3 is 2.27 bits per heavy atom. The average Bonchev–Trinajstić information content (AvgIpc) is 3.37. The molecule has 0 bridgehead atoms. The topological polar surface area (TPSA) is 58.2 Å². The molecule has 0 fully saturated rings. The predicted octanol–water partition coefficient (Wildman–Crippen LogP) is 7.78. The molecule has 166 valence electrons. The molecule has 0 aliphatic heterocycles. The lowest BCUT2D eigenvalue weighted by Crippen LogP contribution is -2.19. The van der Waals surface area contributed by atoms with Crippen LogP contribution in [0.2, 0.25) is 10.0 Å². The summed E-state index contributed by atoms with van der Waals surface area (Å²) in [5.41, 5.74) is 2.00. The van der Waals surface area contributed by atoms with Gasteiger partial charge in [-0.25, -0.2) is 0 Å². The van der Waals surface area contributed by atoms with Crippen molar-refractivity contribution in [2.45, 2.75) is 10.1 Å². The lowest BCUT2D eigenvalue weighted by Gasteiger charge is -2.18. The van der Waals surface area contributed by atoms with Crippen molar-refractivity contribution < 1.29 is 9.59 Å². The molecule has 8 heteroatoms. The monoisotopic (exact) mass is 512 g/mol. The van der Waals surface area contributed by atoms with Crippen molar-refractivity contribution in [3.63, 3.8) is 0 Å². The maximum Gasteiger partial charge on any atom is 0.265 e. The van der Waals surface area contributed by atoms with Crippen molar-refractivity contribution in [2.24, 2.45) is 0 Å². The van der Waals surface area contributed by atoms with E-state index in [1.165, 1.54) is 23.1 Å². The quantitative estimate of drug-likeness (QED) is 0.248. The van der Waals surface area contributed by atoms with Gasteiger partial charge in [0.15, 0.2) is 0 Å². The fourth-order valence-corrected chi connectivity index (χ4v) is 5.04. The van der Waals surface area contributed by atoms with Crippen LogP contribution in [0.4, 0.5) is 11.4 Å². The normalized spacial score (nSPS) is 11.6. The van der Waals surface area contributed by atoms with Crippen LogP contribution in [0.1, 0.15) is 20.5 Å². The van der Waals surface area contributed by atoms with Gasteiger partial charge < -0.3 is 10.6 Å². The van der Waals surface area contributed by atoms with Gasteiger partial charge in [-0.3, -0.25) is 9.59 Å². The van der Waals surface area contributed by atoms with E-state index < -0.39 is 5.25 Å². The molecule has 0 aliphatic carbocycles. The van der Waals surface area contributed by atoms with Crippen LogP contribution in [0.5, 0.6) is 0 Å². The summed E-state index contributed by atoms with van der Waals surface area (Å²) in [5.74, 6) is -0.365. The highest BCUT2D eigenvalue weighted by Gasteiger charge is 2.23. The zero-order valence-corrected chi connectivity index (χ0v) is 20.3. The maximum atomic E-state index is 13.2. The molecule has 4 rings (SSSR count). The van der Waals surface area contributed by atoms with Gasteiger partial charge in [0.1, 0.15) is 5.25 Å². The first-order valence-corrected chi connectivity index (χ1v) is 12.4. The molecule has 2 N–H and O–H groups in total. The van der Waals surface area contributed by atoms with Crippen molar-refractivity contribution in [1.29, 1.82) is 0 Å². The number of hydrogen-bond donors (Lipinski definition) is 2.